The Balaban J connectivity index is 1.92. The summed E-state index contributed by atoms with van der Waals surface area (Å²) < 4.78 is 1.50. The number of nitrogens with one attached hydrogen (secondary N) is 2. The lowest BCUT2D eigenvalue weighted by atomic mass is 10.2. The lowest BCUT2D eigenvalue weighted by Crippen LogP contribution is -2.43. The Morgan fingerprint density at radius 1 is 1.58 bits per heavy atom. The van der Waals surface area contributed by atoms with Crippen molar-refractivity contribution < 1.29 is 14.7 Å². The van der Waals surface area contributed by atoms with Crippen molar-refractivity contribution in [2.75, 3.05) is 0 Å². The number of carboxylic acid groups (broad SMARTS) is 1. The van der Waals surface area contributed by atoms with Gasteiger partial charge in [-0.25, -0.2) is 4.79 Å². The quantitative estimate of drug-likeness (QED) is 0.667. The first-order valence-corrected chi connectivity index (χ1v) is 6.27. The number of carboxylic acids is 1. The van der Waals surface area contributed by atoms with Gasteiger partial charge in [0.05, 0.1) is 17.9 Å². The molecule has 1 aromatic rings. The van der Waals surface area contributed by atoms with E-state index in [1.54, 1.807) is 14.0 Å². The summed E-state index contributed by atoms with van der Waals surface area (Å²) in [4.78, 5) is 22.8. The van der Waals surface area contributed by atoms with Crippen LogP contribution in [0.15, 0.2) is 6.20 Å². The summed E-state index contributed by atoms with van der Waals surface area (Å²) in [6, 6.07) is -0.0415. The maximum absolute atomic E-state index is 11.7. The van der Waals surface area contributed by atoms with Gasteiger partial charge < -0.3 is 15.7 Å². The fourth-order valence-corrected chi connectivity index (χ4v) is 1.75. The molecule has 1 unspecified atom stereocenters. The highest BCUT2D eigenvalue weighted by Crippen LogP contribution is 2.18. The average molecular weight is 266 g/mol. The van der Waals surface area contributed by atoms with Gasteiger partial charge in [0.25, 0.3) is 0 Å². The van der Waals surface area contributed by atoms with Crippen LogP contribution in [0.25, 0.3) is 0 Å². The van der Waals surface area contributed by atoms with Crippen LogP contribution in [0, 0.1) is 0 Å². The number of hydrogen-bond donors (Lipinski definition) is 3. The zero-order valence-corrected chi connectivity index (χ0v) is 11.0. The number of aryl methyl sites for hydroxylation is 1. The first kappa shape index (κ1) is 13.5. The number of amides is 1. The molecule has 7 nitrogen and oxygen atoms in total. The molecule has 7 heteroatoms. The molecule has 0 aliphatic heterocycles. The molecule has 19 heavy (non-hydrogen) atoms. The smallest absolute Gasteiger partial charge is 0.339 e. The van der Waals surface area contributed by atoms with E-state index in [0.29, 0.717) is 11.7 Å². The minimum Gasteiger partial charge on any atom is -0.478 e. The van der Waals surface area contributed by atoms with Crippen LogP contribution < -0.4 is 10.6 Å². The number of aromatic carboxylic acids is 1. The van der Waals surface area contributed by atoms with E-state index < -0.39 is 5.97 Å². The Morgan fingerprint density at radius 2 is 2.26 bits per heavy atom. The number of carbonyl (C=O) groups is 2. The van der Waals surface area contributed by atoms with E-state index in [-0.39, 0.29) is 24.1 Å². The summed E-state index contributed by atoms with van der Waals surface area (Å²) in [5.74, 6) is -1.07. The highest BCUT2D eigenvalue weighted by atomic mass is 16.4. The Labute approximate surface area is 111 Å². The van der Waals surface area contributed by atoms with Crippen LogP contribution in [-0.4, -0.2) is 38.8 Å². The zero-order valence-electron chi connectivity index (χ0n) is 11.0. The van der Waals surface area contributed by atoms with E-state index >= 15 is 0 Å². The van der Waals surface area contributed by atoms with Gasteiger partial charge in [0.1, 0.15) is 5.56 Å². The van der Waals surface area contributed by atoms with Crippen molar-refractivity contribution in [3.8, 4) is 0 Å². The molecule has 0 spiro atoms. The Hall–Kier alpha value is -1.89. The molecule has 0 bridgehead atoms. The molecule has 1 heterocycles. The normalized spacial score (nSPS) is 16.1. The number of carbonyl (C=O) groups excluding carboxylic acids is 1. The number of hydrogen-bond acceptors (Lipinski definition) is 4. The second-order valence-corrected chi connectivity index (χ2v) is 4.82. The lowest BCUT2D eigenvalue weighted by molar-refractivity contribution is -0.122. The molecule has 2 rings (SSSR count). The van der Waals surface area contributed by atoms with Crippen LogP contribution in [0.5, 0.6) is 0 Å². The minimum atomic E-state index is -1.01. The van der Waals surface area contributed by atoms with Gasteiger partial charge in [-0.2, -0.15) is 5.10 Å². The SMILES string of the molecule is CC(NCc1c(C(=O)O)cnn1C)C(=O)NC1CC1. The van der Waals surface area contributed by atoms with Gasteiger partial charge in [-0.3, -0.25) is 9.48 Å². The van der Waals surface area contributed by atoms with Gasteiger partial charge >= 0.3 is 5.97 Å². The van der Waals surface area contributed by atoms with Crippen LogP contribution >= 0.6 is 0 Å². The van der Waals surface area contributed by atoms with Crippen LogP contribution in [-0.2, 0) is 18.4 Å². The van der Waals surface area contributed by atoms with Crippen molar-refractivity contribution in [1.82, 2.24) is 20.4 Å². The van der Waals surface area contributed by atoms with Crippen molar-refractivity contribution in [3.63, 3.8) is 0 Å². The zero-order chi connectivity index (χ0) is 14.0. The fourth-order valence-electron chi connectivity index (χ4n) is 1.75. The molecule has 0 aromatic carbocycles. The molecule has 3 N–H and O–H groups in total. The summed E-state index contributed by atoms with van der Waals surface area (Å²) in [5, 5.41) is 18.8. The van der Waals surface area contributed by atoms with Crippen molar-refractivity contribution in [2.24, 2.45) is 7.05 Å². The fraction of sp³-hybridized carbons (Fsp3) is 0.583. The number of aromatic nitrogens is 2. The number of rotatable bonds is 6. The van der Waals surface area contributed by atoms with Crippen molar-refractivity contribution in [3.05, 3.63) is 17.5 Å². The third-order valence-corrected chi connectivity index (χ3v) is 3.18. The second-order valence-electron chi connectivity index (χ2n) is 4.82. The third-order valence-electron chi connectivity index (χ3n) is 3.18. The highest BCUT2D eigenvalue weighted by Gasteiger charge is 2.25. The molecule has 1 aliphatic carbocycles. The largest absolute Gasteiger partial charge is 0.478 e. The van der Waals surface area contributed by atoms with E-state index in [4.69, 9.17) is 5.11 Å². The van der Waals surface area contributed by atoms with Gasteiger partial charge in [-0.1, -0.05) is 0 Å². The molecule has 1 saturated carbocycles. The number of nitrogens with zero attached hydrogens (tertiary/aromatic N) is 2. The van der Waals surface area contributed by atoms with Gasteiger partial charge in [-0.05, 0) is 19.8 Å². The molecular formula is C12H18N4O3. The predicted molar refractivity (Wildman–Crippen MR) is 67.6 cm³/mol. The molecule has 1 atom stereocenters. The predicted octanol–water partition coefficient (Wildman–Crippen LogP) is -0.125. The monoisotopic (exact) mass is 266 g/mol. The molecule has 104 valence electrons. The minimum absolute atomic E-state index is 0.0541. The second kappa shape index (κ2) is 5.40. The van der Waals surface area contributed by atoms with E-state index in [2.05, 4.69) is 15.7 Å². The van der Waals surface area contributed by atoms with Crippen molar-refractivity contribution in [2.45, 2.75) is 38.4 Å². The Morgan fingerprint density at radius 3 is 2.84 bits per heavy atom. The summed E-state index contributed by atoms with van der Waals surface area (Å²) >= 11 is 0. The van der Waals surface area contributed by atoms with Gasteiger partial charge in [-0.15, -0.1) is 0 Å². The van der Waals surface area contributed by atoms with Crippen LogP contribution in [0.1, 0.15) is 35.8 Å². The summed E-state index contributed by atoms with van der Waals surface area (Å²) in [7, 11) is 1.68. The van der Waals surface area contributed by atoms with Gasteiger partial charge in [0, 0.05) is 19.6 Å². The van der Waals surface area contributed by atoms with E-state index in [0.717, 1.165) is 12.8 Å². The standard InChI is InChI=1S/C12H18N4O3/c1-7(11(17)15-8-3-4-8)13-6-10-9(12(18)19)5-14-16(10)2/h5,7-8,13H,3-4,6H2,1-2H3,(H,15,17)(H,18,19). The van der Waals surface area contributed by atoms with Gasteiger partial charge in [0.15, 0.2) is 0 Å². The van der Waals surface area contributed by atoms with Gasteiger partial charge in [0.2, 0.25) is 5.91 Å². The molecule has 1 aliphatic rings. The molecule has 1 fully saturated rings. The maximum atomic E-state index is 11.7. The first-order valence-electron chi connectivity index (χ1n) is 6.27. The maximum Gasteiger partial charge on any atom is 0.339 e. The lowest BCUT2D eigenvalue weighted by Gasteiger charge is -2.14. The Kier molecular flexibility index (Phi) is 3.84. The topological polar surface area (TPSA) is 96.2 Å². The molecule has 1 aromatic heterocycles. The molecular weight excluding hydrogens is 248 g/mol. The Bertz CT molecular complexity index is 493. The highest BCUT2D eigenvalue weighted by molar-refractivity contribution is 5.88. The van der Waals surface area contributed by atoms with Crippen LogP contribution in [0.2, 0.25) is 0 Å². The molecule has 0 saturated heterocycles. The average Bonchev–Trinajstić information content (AvgIpc) is 3.08. The van der Waals surface area contributed by atoms with E-state index in [9.17, 15) is 9.59 Å². The van der Waals surface area contributed by atoms with Crippen molar-refractivity contribution >= 4 is 11.9 Å². The van der Waals surface area contributed by atoms with E-state index in [1.165, 1.54) is 10.9 Å². The summed E-state index contributed by atoms with van der Waals surface area (Å²) in [6.45, 7) is 2.05. The van der Waals surface area contributed by atoms with Crippen molar-refractivity contribution in [1.29, 1.82) is 0 Å². The summed E-state index contributed by atoms with van der Waals surface area (Å²) in [5.41, 5.74) is 0.711. The molecule has 0 radical (unpaired) electrons. The molecule has 1 amide bonds. The first-order chi connectivity index (χ1) is 8.99. The van der Waals surface area contributed by atoms with Crippen LogP contribution in [0.4, 0.5) is 0 Å². The third kappa shape index (κ3) is 3.31. The summed E-state index contributed by atoms with van der Waals surface area (Å²) in [6.07, 6.45) is 3.40. The van der Waals surface area contributed by atoms with Crippen LogP contribution in [0.3, 0.4) is 0 Å². The van der Waals surface area contributed by atoms with E-state index in [1.807, 2.05) is 0 Å².